The predicted octanol–water partition coefficient (Wildman–Crippen LogP) is 1.27. The van der Waals surface area contributed by atoms with Crippen LogP contribution in [0.25, 0.3) is 16.0 Å². The van der Waals surface area contributed by atoms with Crippen molar-refractivity contribution in [1.82, 2.24) is 34.0 Å². The molecule has 5 rings (SSSR count). The van der Waals surface area contributed by atoms with Crippen molar-refractivity contribution < 1.29 is 0 Å². The summed E-state index contributed by atoms with van der Waals surface area (Å²) in [5, 5.41) is 6.73. The highest BCUT2D eigenvalue weighted by Gasteiger charge is 2.23. The van der Waals surface area contributed by atoms with Gasteiger partial charge in [-0.2, -0.15) is 10.1 Å². The number of nitrogens with zero attached hydrogens (tertiary/aromatic N) is 7. The van der Waals surface area contributed by atoms with Gasteiger partial charge in [-0.05, 0) is 20.8 Å². The fourth-order valence-corrected chi connectivity index (χ4v) is 4.60. The van der Waals surface area contributed by atoms with Crippen molar-refractivity contribution in [2.45, 2.75) is 32.9 Å². The van der Waals surface area contributed by atoms with Gasteiger partial charge in [-0.3, -0.25) is 23.9 Å². The molecule has 0 atom stereocenters. The molecule has 0 radical (unpaired) electrons. The Morgan fingerprint density at radius 3 is 2.65 bits per heavy atom. The number of rotatable bonds is 3. The molecule has 4 aromatic heterocycles. The molecule has 0 unspecified atom stereocenters. The Morgan fingerprint density at radius 2 is 1.90 bits per heavy atom. The van der Waals surface area contributed by atoms with E-state index in [2.05, 4.69) is 24.9 Å². The lowest BCUT2D eigenvalue weighted by atomic mass is 10.1. The molecule has 4 aromatic rings. The summed E-state index contributed by atoms with van der Waals surface area (Å²) in [4.78, 5) is 42.1. The lowest BCUT2D eigenvalue weighted by Gasteiger charge is -2.34. The molecule has 0 aliphatic carbocycles. The second-order valence-electron chi connectivity index (χ2n) is 8.76. The summed E-state index contributed by atoms with van der Waals surface area (Å²) in [5.41, 5.74) is 0.885. The van der Waals surface area contributed by atoms with Crippen molar-refractivity contribution in [2.75, 3.05) is 31.1 Å². The van der Waals surface area contributed by atoms with E-state index in [4.69, 9.17) is 4.98 Å². The molecule has 1 saturated heterocycles. The van der Waals surface area contributed by atoms with Crippen LogP contribution in [0.4, 0.5) is 5.95 Å². The smallest absolute Gasteiger partial charge is 0.263 e. The Labute approximate surface area is 181 Å². The molecule has 1 aliphatic heterocycles. The molecule has 5 heterocycles. The first-order valence-electron chi connectivity index (χ1n) is 10.2. The van der Waals surface area contributed by atoms with E-state index >= 15 is 0 Å². The maximum atomic E-state index is 12.6. The average Bonchev–Trinajstić information content (AvgIpc) is 3.35. The highest BCUT2D eigenvalue weighted by Crippen LogP contribution is 2.20. The molecule has 0 spiro atoms. The first kappa shape index (κ1) is 19.9. The van der Waals surface area contributed by atoms with Crippen LogP contribution in [0.15, 0.2) is 33.4 Å². The van der Waals surface area contributed by atoms with Crippen LogP contribution >= 0.6 is 11.3 Å². The van der Waals surface area contributed by atoms with E-state index in [1.807, 2.05) is 26.2 Å². The topological polar surface area (TPSA) is 104 Å². The monoisotopic (exact) mass is 440 g/mol. The van der Waals surface area contributed by atoms with Crippen molar-refractivity contribution >= 4 is 33.3 Å². The molecule has 1 fully saturated rings. The van der Waals surface area contributed by atoms with E-state index < -0.39 is 0 Å². The zero-order chi connectivity index (χ0) is 21.8. The van der Waals surface area contributed by atoms with Gasteiger partial charge < -0.3 is 4.90 Å². The zero-order valence-corrected chi connectivity index (χ0v) is 18.5. The number of nitrogens with one attached hydrogen (secondary N) is 1. The third-order valence-electron chi connectivity index (χ3n) is 5.47. The molecule has 31 heavy (non-hydrogen) atoms. The number of fused-ring (bicyclic) bond motifs is 2. The first-order chi connectivity index (χ1) is 14.8. The van der Waals surface area contributed by atoms with E-state index in [1.54, 1.807) is 27.5 Å². The van der Waals surface area contributed by atoms with Crippen LogP contribution in [-0.4, -0.2) is 60.2 Å². The maximum Gasteiger partial charge on any atom is 0.263 e. The minimum atomic E-state index is -0.270. The normalized spacial score (nSPS) is 15.9. The van der Waals surface area contributed by atoms with Crippen LogP contribution in [0, 0.1) is 0 Å². The van der Waals surface area contributed by atoms with E-state index in [0.29, 0.717) is 28.5 Å². The molecular weight excluding hydrogens is 416 g/mol. The highest BCUT2D eigenvalue weighted by atomic mass is 32.1. The Balaban J connectivity index is 1.33. The van der Waals surface area contributed by atoms with E-state index in [1.165, 1.54) is 11.3 Å². The fourth-order valence-electron chi connectivity index (χ4n) is 3.86. The third-order valence-corrected chi connectivity index (χ3v) is 6.23. The van der Waals surface area contributed by atoms with Gasteiger partial charge in [0.05, 0.1) is 17.4 Å². The number of hydrogen-bond donors (Lipinski definition) is 1. The second-order valence-corrected chi connectivity index (χ2v) is 9.63. The summed E-state index contributed by atoms with van der Waals surface area (Å²) >= 11 is 1.46. The van der Waals surface area contributed by atoms with E-state index in [0.717, 1.165) is 31.9 Å². The van der Waals surface area contributed by atoms with E-state index in [9.17, 15) is 9.59 Å². The quantitative estimate of drug-likeness (QED) is 0.511. The summed E-state index contributed by atoms with van der Waals surface area (Å²) in [6.07, 6.45) is 3.32. The Hall–Kier alpha value is -3.05. The van der Waals surface area contributed by atoms with Crippen molar-refractivity contribution in [3.63, 3.8) is 0 Å². The predicted molar refractivity (Wildman–Crippen MR) is 120 cm³/mol. The molecule has 0 amide bonds. The Morgan fingerprint density at radius 1 is 1.13 bits per heavy atom. The number of piperazine rings is 1. The number of aromatic nitrogens is 6. The molecule has 11 heteroatoms. The van der Waals surface area contributed by atoms with Gasteiger partial charge in [0.2, 0.25) is 5.95 Å². The van der Waals surface area contributed by atoms with Crippen molar-refractivity contribution in [3.05, 3.63) is 50.2 Å². The molecule has 1 aliphatic rings. The number of thiazole rings is 1. The van der Waals surface area contributed by atoms with Crippen molar-refractivity contribution in [2.24, 2.45) is 0 Å². The fraction of sp³-hybridized carbons (Fsp3) is 0.450. The SMILES string of the molecule is CC(C)(C)n1ncc2c(=O)[nH]c(N3CCN(Cc4cc(=O)n5ccsc5n4)CC3)nc21. The van der Waals surface area contributed by atoms with Crippen LogP contribution in [0.3, 0.4) is 0 Å². The van der Waals surface area contributed by atoms with Crippen LogP contribution < -0.4 is 16.0 Å². The number of H-pyrrole nitrogens is 1. The van der Waals surface area contributed by atoms with Gasteiger partial charge >= 0.3 is 0 Å². The van der Waals surface area contributed by atoms with Gasteiger partial charge in [0.25, 0.3) is 11.1 Å². The summed E-state index contributed by atoms with van der Waals surface area (Å²) in [5.74, 6) is 0.569. The summed E-state index contributed by atoms with van der Waals surface area (Å²) in [6.45, 7) is 9.74. The molecule has 0 aromatic carbocycles. The Kier molecular flexibility index (Phi) is 4.67. The van der Waals surface area contributed by atoms with Crippen LogP contribution in [0.5, 0.6) is 0 Å². The van der Waals surface area contributed by atoms with Gasteiger partial charge in [0.15, 0.2) is 10.6 Å². The molecule has 1 N–H and O–H groups in total. The standard InChI is InChI=1S/C20H24N8O2S/c1-20(2,3)28-16-14(11-21-28)17(30)24-18(23-16)26-6-4-25(5-7-26)12-13-10-15(29)27-8-9-31-19(27)22-13/h8-11H,4-7,12H2,1-3H3,(H,23,24,30). The number of hydrogen-bond acceptors (Lipinski definition) is 8. The lowest BCUT2D eigenvalue weighted by molar-refractivity contribution is 0.246. The highest BCUT2D eigenvalue weighted by molar-refractivity contribution is 7.15. The Bertz CT molecular complexity index is 1370. The minimum absolute atomic E-state index is 0.0505. The first-order valence-corrected chi connectivity index (χ1v) is 11.1. The zero-order valence-electron chi connectivity index (χ0n) is 17.7. The minimum Gasteiger partial charge on any atom is -0.340 e. The van der Waals surface area contributed by atoms with Crippen molar-refractivity contribution in [3.8, 4) is 0 Å². The average molecular weight is 441 g/mol. The molecule has 0 saturated carbocycles. The number of aromatic amines is 1. The summed E-state index contributed by atoms with van der Waals surface area (Å²) in [6, 6.07) is 1.60. The van der Waals surface area contributed by atoms with Gasteiger partial charge in [-0.1, -0.05) is 0 Å². The maximum absolute atomic E-state index is 12.6. The van der Waals surface area contributed by atoms with Crippen LogP contribution in [0.2, 0.25) is 0 Å². The molecular formula is C20H24N8O2S. The van der Waals surface area contributed by atoms with E-state index in [-0.39, 0.29) is 16.7 Å². The van der Waals surface area contributed by atoms with Gasteiger partial charge in [0, 0.05) is 50.4 Å². The van der Waals surface area contributed by atoms with Crippen LogP contribution in [-0.2, 0) is 12.1 Å². The molecule has 162 valence electrons. The summed E-state index contributed by atoms with van der Waals surface area (Å²) in [7, 11) is 0. The third kappa shape index (κ3) is 3.63. The van der Waals surface area contributed by atoms with Crippen LogP contribution in [0.1, 0.15) is 26.5 Å². The van der Waals surface area contributed by atoms with Gasteiger partial charge in [-0.15, -0.1) is 11.3 Å². The molecule has 0 bridgehead atoms. The second kappa shape index (κ2) is 7.27. The number of anilines is 1. The lowest BCUT2D eigenvalue weighted by Crippen LogP contribution is -2.47. The van der Waals surface area contributed by atoms with Gasteiger partial charge in [-0.25, -0.2) is 9.67 Å². The largest absolute Gasteiger partial charge is 0.340 e. The molecule has 10 nitrogen and oxygen atoms in total. The van der Waals surface area contributed by atoms with Gasteiger partial charge in [0.1, 0.15) is 5.39 Å². The summed E-state index contributed by atoms with van der Waals surface area (Å²) < 4.78 is 3.36. The van der Waals surface area contributed by atoms with Crippen molar-refractivity contribution in [1.29, 1.82) is 0 Å².